The SMILES string of the molecule is CCOc1cc(/C=C2/SC(=S)N(n3c(C)ccc3C)C2=O)cc(Br)c1OCc1ccc(Cl)cc1. The molecule has 2 heterocycles. The van der Waals surface area contributed by atoms with Crippen LogP contribution in [0.3, 0.4) is 0 Å². The van der Waals surface area contributed by atoms with E-state index >= 15 is 0 Å². The Morgan fingerprint density at radius 1 is 1.09 bits per heavy atom. The van der Waals surface area contributed by atoms with Gasteiger partial charge in [0.25, 0.3) is 5.91 Å². The van der Waals surface area contributed by atoms with Crippen molar-refractivity contribution in [3.8, 4) is 11.5 Å². The molecule has 2 aromatic carbocycles. The maximum atomic E-state index is 13.2. The number of carbonyl (C=O) groups is 1. The van der Waals surface area contributed by atoms with Gasteiger partial charge in [-0.05, 0) is 103 Å². The Hall–Kier alpha value is -2.26. The summed E-state index contributed by atoms with van der Waals surface area (Å²) in [5.41, 5.74) is 3.68. The third-order valence-corrected chi connectivity index (χ3v) is 7.26. The van der Waals surface area contributed by atoms with Crippen molar-refractivity contribution in [3.63, 3.8) is 0 Å². The highest BCUT2D eigenvalue weighted by molar-refractivity contribution is 9.10. The van der Waals surface area contributed by atoms with Gasteiger partial charge < -0.3 is 9.47 Å². The first-order valence-corrected chi connectivity index (χ1v) is 12.9. The molecule has 1 aliphatic rings. The number of halogens is 2. The van der Waals surface area contributed by atoms with Gasteiger partial charge in [-0.1, -0.05) is 35.5 Å². The maximum absolute atomic E-state index is 13.2. The van der Waals surface area contributed by atoms with E-state index < -0.39 is 0 Å². The molecule has 5 nitrogen and oxygen atoms in total. The second-order valence-electron chi connectivity index (χ2n) is 7.60. The van der Waals surface area contributed by atoms with E-state index in [-0.39, 0.29) is 5.91 Å². The molecule has 0 N–H and O–H groups in total. The standard InChI is InChI=1S/C25H22BrClN2O3S2/c1-4-31-21-12-18(11-20(26)23(21)32-14-17-7-9-19(27)10-8-17)13-22-24(30)29(25(33)34-22)28-15(2)5-6-16(28)3/h5-13H,4,14H2,1-3H3/b22-13+. The predicted molar refractivity (Wildman–Crippen MR) is 146 cm³/mol. The number of aryl methyl sites for hydroxylation is 2. The summed E-state index contributed by atoms with van der Waals surface area (Å²) in [5, 5.41) is 2.22. The van der Waals surface area contributed by atoms with Crippen LogP contribution in [0.4, 0.5) is 0 Å². The lowest BCUT2D eigenvalue weighted by Gasteiger charge is -2.20. The molecule has 0 spiro atoms. The average Bonchev–Trinajstić information content (AvgIpc) is 3.25. The van der Waals surface area contributed by atoms with Gasteiger partial charge in [-0.25, -0.2) is 0 Å². The Morgan fingerprint density at radius 3 is 2.41 bits per heavy atom. The van der Waals surface area contributed by atoms with Crippen LogP contribution in [0, 0.1) is 13.8 Å². The molecule has 176 valence electrons. The number of aromatic nitrogens is 1. The van der Waals surface area contributed by atoms with Crippen molar-refractivity contribution in [2.24, 2.45) is 0 Å². The number of hydrogen-bond donors (Lipinski definition) is 0. The number of carbonyl (C=O) groups excluding carboxylic acids is 1. The van der Waals surface area contributed by atoms with Crippen molar-refractivity contribution in [1.82, 2.24) is 4.68 Å². The van der Waals surface area contributed by atoms with Crippen LogP contribution in [0.25, 0.3) is 6.08 Å². The lowest BCUT2D eigenvalue weighted by atomic mass is 10.1. The van der Waals surface area contributed by atoms with Gasteiger partial charge in [0.1, 0.15) is 6.61 Å². The minimum absolute atomic E-state index is 0.158. The highest BCUT2D eigenvalue weighted by Gasteiger charge is 2.34. The first kappa shape index (κ1) is 24.9. The topological polar surface area (TPSA) is 43.7 Å². The third-order valence-electron chi connectivity index (χ3n) is 5.13. The van der Waals surface area contributed by atoms with E-state index in [2.05, 4.69) is 15.9 Å². The second kappa shape index (κ2) is 10.6. The van der Waals surface area contributed by atoms with Crippen molar-refractivity contribution in [1.29, 1.82) is 0 Å². The average molecular weight is 578 g/mol. The zero-order valence-corrected chi connectivity index (χ0v) is 22.8. The molecule has 1 saturated heterocycles. The Kier molecular flexibility index (Phi) is 7.72. The van der Waals surface area contributed by atoms with Crippen LogP contribution in [0.5, 0.6) is 11.5 Å². The van der Waals surface area contributed by atoms with Crippen molar-refractivity contribution < 1.29 is 14.3 Å². The summed E-state index contributed by atoms with van der Waals surface area (Å²) in [5.74, 6) is 1.03. The summed E-state index contributed by atoms with van der Waals surface area (Å²) in [6.45, 7) is 6.65. The number of thioether (sulfide) groups is 1. The van der Waals surface area contributed by atoms with Gasteiger partial charge in [-0.3, -0.25) is 9.47 Å². The van der Waals surface area contributed by atoms with E-state index in [1.165, 1.54) is 11.8 Å². The molecule has 1 amide bonds. The number of ether oxygens (including phenoxy) is 2. The molecule has 0 bridgehead atoms. The van der Waals surface area contributed by atoms with Crippen LogP contribution >= 0.6 is 51.5 Å². The van der Waals surface area contributed by atoms with Gasteiger partial charge in [0.15, 0.2) is 15.8 Å². The quantitative estimate of drug-likeness (QED) is 0.223. The first-order chi connectivity index (χ1) is 16.3. The number of hydrogen-bond acceptors (Lipinski definition) is 5. The van der Waals surface area contributed by atoms with Crippen LogP contribution < -0.4 is 14.5 Å². The van der Waals surface area contributed by atoms with E-state index in [4.69, 9.17) is 33.3 Å². The van der Waals surface area contributed by atoms with Gasteiger partial charge >= 0.3 is 0 Å². The van der Waals surface area contributed by atoms with E-state index in [1.54, 1.807) is 5.01 Å². The molecule has 0 aliphatic carbocycles. The first-order valence-electron chi connectivity index (χ1n) is 10.5. The van der Waals surface area contributed by atoms with Crippen LogP contribution in [-0.2, 0) is 11.4 Å². The summed E-state index contributed by atoms with van der Waals surface area (Å²) in [6.07, 6.45) is 1.82. The Labute approximate surface area is 221 Å². The molecule has 1 aliphatic heterocycles. The Bertz CT molecular complexity index is 1270. The zero-order valence-electron chi connectivity index (χ0n) is 18.8. The Morgan fingerprint density at radius 2 is 1.76 bits per heavy atom. The normalized spacial score (nSPS) is 14.9. The van der Waals surface area contributed by atoms with E-state index in [1.807, 2.05) is 80.1 Å². The predicted octanol–water partition coefficient (Wildman–Crippen LogP) is 7.04. The summed E-state index contributed by atoms with van der Waals surface area (Å²) >= 11 is 16.4. The number of rotatable bonds is 7. The maximum Gasteiger partial charge on any atom is 0.285 e. The molecule has 0 radical (unpaired) electrons. The molecule has 4 rings (SSSR count). The molecule has 1 fully saturated rings. The lowest BCUT2D eigenvalue weighted by molar-refractivity contribution is -0.114. The Balaban J connectivity index is 1.61. The monoisotopic (exact) mass is 576 g/mol. The smallest absolute Gasteiger partial charge is 0.285 e. The summed E-state index contributed by atoms with van der Waals surface area (Å²) in [4.78, 5) is 13.8. The number of amides is 1. The van der Waals surface area contributed by atoms with Crippen molar-refractivity contribution in [2.75, 3.05) is 11.6 Å². The summed E-state index contributed by atoms with van der Waals surface area (Å²) < 4.78 is 15.0. The van der Waals surface area contributed by atoms with Crippen LogP contribution in [0.15, 0.2) is 57.9 Å². The summed E-state index contributed by atoms with van der Waals surface area (Å²) in [6, 6.07) is 15.2. The van der Waals surface area contributed by atoms with Crippen molar-refractivity contribution in [2.45, 2.75) is 27.4 Å². The minimum atomic E-state index is -0.158. The molecule has 9 heteroatoms. The fraction of sp³-hybridized carbons (Fsp3) is 0.200. The largest absolute Gasteiger partial charge is 0.490 e. The third kappa shape index (κ3) is 5.20. The fourth-order valence-electron chi connectivity index (χ4n) is 3.57. The molecular weight excluding hydrogens is 556 g/mol. The molecule has 1 aromatic heterocycles. The van der Waals surface area contributed by atoms with Gasteiger partial charge in [0.05, 0.1) is 16.0 Å². The van der Waals surface area contributed by atoms with E-state index in [9.17, 15) is 4.79 Å². The van der Waals surface area contributed by atoms with Crippen LogP contribution in [-0.4, -0.2) is 21.5 Å². The van der Waals surface area contributed by atoms with Gasteiger partial charge in [-0.15, -0.1) is 0 Å². The summed E-state index contributed by atoms with van der Waals surface area (Å²) in [7, 11) is 0. The van der Waals surface area contributed by atoms with Gasteiger partial charge in [0.2, 0.25) is 0 Å². The van der Waals surface area contributed by atoms with Crippen molar-refractivity contribution in [3.05, 3.63) is 85.4 Å². The molecule has 0 saturated carbocycles. The number of thiocarbonyl (C=S) groups is 1. The highest BCUT2D eigenvalue weighted by Crippen LogP contribution is 2.40. The molecule has 3 aromatic rings. The minimum Gasteiger partial charge on any atom is -0.490 e. The van der Waals surface area contributed by atoms with Gasteiger partial charge in [-0.2, -0.15) is 5.01 Å². The molecule has 0 unspecified atom stereocenters. The molecule has 34 heavy (non-hydrogen) atoms. The number of benzene rings is 2. The van der Waals surface area contributed by atoms with Crippen LogP contribution in [0.1, 0.15) is 29.4 Å². The molecule has 0 atom stereocenters. The van der Waals surface area contributed by atoms with Crippen LogP contribution in [0.2, 0.25) is 5.02 Å². The van der Waals surface area contributed by atoms with E-state index in [0.717, 1.165) is 27.0 Å². The number of nitrogens with zero attached hydrogens (tertiary/aromatic N) is 2. The van der Waals surface area contributed by atoms with Crippen molar-refractivity contribution >= 4 is 67.8 Å². The lowest BCUT2D eigenvalue weighted by Crippen LogP contribution is -2.39. The van der Waals surface area contributed by atoms with Gasteiger partial charge in [0, 0.05) is 16.4 Å². The fourth-order valence-corrected chi connectivity index (χ4v) is 5.51. The van der Waals surface area contributed by atoms with E-state index in [0.29, 0.717) is 39.0 Å². The highest BCUT2D eigenvalue weighted by atomic mass is 79.9. The molecular formula is C25H22BrClN2O3S2. The second-order valence-corrected chi connectivity index (χ2v) is 10.6. The zero-order chi connectivity index (χ0) is 24.4.